The molecule has 100 valence electrons. The molecule has 0 spiro atoms. The fraction of sp³-hybridized carbons (Fsp3) is 0.867. The zero-order valence-corrected chi connectivity index (χ0v) is 12.3. The summed E-state index contributed by atoms with van der Waals surface area (Å²) in [5.74, 6) is 0. The molecule has 1 rings (SSSR count). The quantitative estimate of drug-likeness (QED) is 0.740. The van der Waals surface area contributed by atoms with Crippen molar-refractivity contribution in [3.8, 4) is 0 Å². The molecule has 0 bridgehead atoms. The van der Waals surface area contributed by atoms with Gasteiger partial charge in [-0.3, -0.25) is 0 Å². The molecule has 0 aromatic heterocycles. The van der Waals surface area contributed by atoms with Gasteiger partial charge in [-0.15, -0.1) is 0 Å². The van der Waals surface area contributed by atoms with E-state index < -0.39 is 0 Å². The standard InChI is InChI=1S/C15H30N2/c1-6-15(2,17(4)5)14(16-3)13-11-9-7-8-10-12-13/h11,14,16H,6-10,12H2,1-5H3. The molecule has 2 nitrogen and oxygen atoms in total. The Hall–Kier alpha value is -0.340. The Morgan fingerprint density at radius 1 is 1.35 bits per heavy atom. The summed E-state index contributed by atoms with van der Waals surface area (Å²) < 4.78 is 0. The molecule has 0 amide bonds. The topological polar surface area (TPSA) is 15.3 Å². The number of allylic oxidation sites excluding steroid dienone is 1. The van der Waals surface area contributed by atoms with E-state index in [0.29, 0.717) is 6.04 Å². The lowest BCUT2D eigenvalue weighted by Crippen LogP contribution is -2.56. The van der Waals surface area contributed by atoms with Crippen LogP contribution in [0.15, 0.2) is 11.6 Å². The molecule has 2 heteroatoms. The minimum Gasteiger partial charge on any atom is -0.312 e. The van der Waals surface area contributed by atoms with Crippen LogP contribution in [0.25, 0.3) is 0 Å². The monoisotopic (exact) mass is 238 g/mol. The van der Waals surface area contributed by atoms with Crippen molar-refractivity contribution >= 4 is 0 Å². The lowest BCUT2D eigenvalue weighted by Gasteiger charge is -2.44. The third-order valence-corrected chi connectivity index (χ3v) is 4.59. The first kappa shape index (κ1) is 14.7. The first-order valence-electron chi connectivity index (χ1n) is 7.10. The fourth-order valence-corrected chi connectivity index (χ4v) is 2.98. The highest BCUT2D eigenvalue weighted by Gasteiger charge is 2.35. The van der Waals surface area contributed by atoms with Crippen molar-refractivity contribution in [2.24, 2.45) is 0 Å². The summed E-state index contributed by atoms with van der Waals surface area (Å²) in [6.07, 6.45) is 10.3. The number of hydrogen-bond acceptors (Lipinski definition) is 2. The number of hydrogen-bond donors (Lipinski definition) is 1. The van der Waals surface area contributed by atoms with Crippen molar-refractivity contribution in [3.63, 3.8) is 0 Å². The third kappa shape index (κ3) is 3.32. The van der Waals surface area contributed by atoms with Gasteiger partial charge in [0.15, 0.2) is 0 Å². The Bertz CT molecular complexity index is 258. The molecule has 0 aliphatic heterocycles. The van der Waals surface area contributed by atoms with Gasteiger partial charge < -0.3 is 10.2 Å². The molecule has 0 radical (unpaired) electrons. The van der Waals surface area contributed by atoms with E-state index in [9.17, 15) is 0 Å². The van der Waals surface area contributed by atoms with Crippen molar-refractivity contribution in [2.45, 2.75) is 64.0 Å². The van der Waals surface area contributed by atoms with Crippen LogP contribution >= 0.6 is 0 Å². The van der Waals surface area contributed by atoms with Crippen LogP contribution in [0.2, 0.25) is 0 Å². The van der Waals surface area contributed by atoms with Gasteiger partial charge in [0, 0.05) is 11.6 Å². The van der Waals surface area contributed by atoms with Gasteiger partial charge in [-0.2, -0.15) is 0 Å². The average Bonchev–Trinajstić information content (AvgIpc) is 2.58. The zero-order valence-electron chi connectivity index (χ0n) is 12.3. The van der Waals surface area contributed by atoms with E-state index in [1.165, 1.54) is 38.5 Å². The van der Waals surface area contributed by atoms with E-state index in [0.717, 1.165) is 0 Å². The van der Waals surface area contributed by atoms with Crippen molar-refractivity contribution in [3.05, 3.63) is 11.6 Å². The van der Waals surface area contributed by atoms with Gasteiger partial charge in [0.25, 0.3) is 0 Å². The van der Waals surface area contributed by atoms with E-state index in [-0.39, 0.29) is 5.54 Å². The number of rotatable bonds is 5. The highest BCUT2D eigenvalue weighted by molar-refractivity contribution is 5.19. The predicted octanol–water partition coefficient (Wildman–Crippen LogP) is 3.20. The summed E-state index contributed by atoms with van der Waals surface area (Å²) in [7, 11) is 6.50. The van der Waals surface area contributed by atoms with E-state index >= 15 is 0 Å². The van der Waals surface area contributed by atoms with E-state index in [2.05, 4.69) is 51.3 Å². The Morgan fingerprint density at radius 2 is 2.06 bits per heavy atom. The van der Waals surface area contributed by atoms with Crippen molar-refractivity contribution in [1.82, 2.24) is 10.2 Å². The average molecular weight is 238 g/mol. The van der Waals surface area contributed by atoms with Crippen molar-refractivity contribution in [1.29, 1.82) is 0 Å². The van der Waals surface area contributed by atoms with Crippen LogP contribution in [0.5, 0.6) is 0 Å². The largest absolute Gasteiger partial charge is 0.312 e. The summed E-state index contributed by atoms with van der Waals surface area (Å²) in [4.78, 5) is 2.37. The maximum absolute atomic E-state index is 3.56. The van der Waals surface area contributed by atoms with Crippen LogP contribution in [0.3, 0.4) is 0 Å². The molecular weight excluding hydrogens is 208 g/mol. The molecule has 0 aromatic carbocycles. The summed E-state index contributed by atoms with van der Waals surface area (Å²) >= 11 is 0. The molecule has 17 heavy (non-hydrogen) atoms. The molecule has 1 aliphatic carbocycles. The molecule has 0 saturated carbocycles. The summed E-state index contributed by atoms with van der Waals surface area (Å²) in [5, 5.41) is 3.56. The van der Waals surface area contributed by atoms with E-state index in [1.54, 1.807) is 5.57 Å². The van der Waals surface area contributed by atoms with Gasteiger partial charge in [0.1, 0.15) is 0 Å². The lowest BCUT2D eigenvalue weighted by molar-refractivity contribution is 0.130. The predicted molar refractivity (Wildman–Crippen MR) is 76.4 cm³/mol. The van der Waals surface area contributed by atoms with Crippen molar-refractivity contribution in [2.75, 3.05) is 21.1 Å². The maximum atomic E-state index is 3.56. The summed E-state index contributed by atoms with van der Waals surface area (Å²) in [6.45, 7) is 4.67. The van der Waals surface area contributed by atoms with Crippen LogP contribution < -0.4 is 5.32 Å². The second-order valence-electron chi connectivity index (χ2n) is 5.71. The first-order valence-corrected chi connectivity index (χ1v) is 7.10. The molecule has 0 aromatic rings. The van der Waals surface area contributed by atoms with Gasteiger partial charge >= 0.3 is 0 Å². The summed E-state index contributed by atoms with van der Waals surface area (Å²) in [5.41, 5.74) is 1.84. The first-order chi connectivity index (χ1) is 8.06. The molecule has 1 N–H and O–H groups in total. The normalized spacial score (nSPS) is 22.8. The number of nitrogens with one attached hydrogen (secondary N) is 1. The van der Waals surface area contributed by atoms with E-state index in [1.807, 2.05) is 0 Å². The SMILES string of the molecule is CCC(C)(C(NC)C1=CCCCCC1)N(C)C. The molecular formula is C15H30N2. The highest BCUT2D eigenvalue weighted by atomic mass is 15.2. The molecule has 0 saturated heterocycles. The minimum absolute atomic E-state index is 0.213. The maximum Gasteiger partial charge on any atom is 0.0461 e. The van der Waals surface area contributed by atoms with Crippen molar-refractivity contribution < 1.29 is 0 Å². The van der Waals surface area contributed by atoms with Crippen LogP contribution in [0, 0.1) is 0 Å². The summed E-state index contributed by atoms with van der Waals surface area (Å²) in [6, 6.07) is 0.487. The van der Waals surface area contributed by atoms with Crippen LogP contribution in [0.4, 0.5) is 0 Å². The molecule has 2 atom stereocenters. The van der Waals surface area contributed by atoms with Gasteiger partial charge in [0.05, 0.1) is 0 Å². The second-order valence-corrected chi connectivity index (χ2v) is 5.71. The smallest absolute Gasteiger partial charge is 0.0461 e. The second kappa shape index (κ2) is 6.55. The molecule has 1 aliphatic rings. The molecule has 0 heterocycles. The number of likely N-dealkylation sites (N-methyl/N-ethyl adjacent to an activating group) is 2. The van der Waals surface area contributed by atoms with Gasteiger partial charge in [-0.05, 0) is 60.2 Å². The Balaban J connectivity index is 2.91. The van der Waals surface area contributed by atoms with Gasteiger partial charge in [-0.1, -0.05) is 25.0 Å². The van der Waals surface area contributed by atoms with Crippen LogP contribution in [-0.2, 0) is 0 Å². The third-order valence-electron chi connectivity index (χ3n) is 4.59. The van der Waals surface area contributed by atoms with Crippen LogP contribution in [-0.4, -0.2) is 37.6 Å². The highest BCUT2D eigenvalue weighted by Crippen LogP contribution is 2.30. The van der Waals surface area contributed by atoms with E-state index in [4.69, 9.17) is 0 Å². The van der Waals surface area contributed by atoms with Gasteiger partial charge in [-0.25, -0.2) is 0 Å². The number of nitrogens with zero attached hydrogens (tertiary/aromatic N) is 1. The Kier molecular flexibility index (Phi) is 5.68. The lowest BCUT2D eigenvalue weighted by atomic mass is 9.81. The Morgan fingerprint density at radius 3 is 2.59 bits per heavy atom. The Labute approximate surface area is 107 Å². The molecule has 2 unspecified atom stereocenters. The van der Waals surface area contributed by atoms with Gasteiger partial charge in [0.2, 0.25) is 0 Å². The molecule has 0 fully saturated rings. The van der Waals surface area contributed by atoms with Crippen LogP contribution in [0.1, 0.15) is 52.4 Å². The minimum atomic E-state index is 0.213. The fourth-order valence-electron chi connectivity index (χ4n) is 2.98. The zero-order chi connectivity index (χ0) is 12.9.